The third-order valence-electron chi connectivity index (χ3n) is 5.31. The van der Waals surface area contributed by atoms with Gasteiger partial charge in [-0.1, -0.05) is 48.5 Å². The second-order valence-electron chi connectivity index (χ2n) is 7.48. The molecule has 0 fully saturated rings. The molecule has 1 aliphatic rings. The molecular formula is C23H19F2N3O5S. The van der Waals surface area contributed by atoms with E-state index in [1.807, 2.05) is 53.8 Å². The maximum Gasteiger partial charge on any atom is 0.413 e. The van der Waals surface area contributed by atoms with Crippen LogP contribution in [0.1, 0.15) is 34.0 Å². The third kappa shape index (κ3) is 5.04. The molecular weight excluding hydrogens is 468 g/mol. The van der Waals surface area contributed by atoms with Crippen molar-refractivity contribution in [3.63, 3.8) is 0 Å². The second-order valence-corrected chi connectivity index (χ2v) is 8.34. The van der Waals surface area contributed by atoms with E-state index < -0.39 is 36.9 Å². The predicted molar refractivity (Wildman–Crippen MR) is 120 cm³/mol. The van der Waals surface area contributed by atoms with Crippen LogP contribution in [0.4, 0.5) is 18.7 Å². The second kappa shape index (κ2) is 9.96. The summed E-state index contributed by atoms with van der Waals surface area (Å²) in [4.78, 5) is 39.4. The predicted octanol–water partition coefficient (Wildman–Crippen LogP) is 4.34. The lowest BCUT2D eigenvalue weighted by molar-refractivity contribution is -0.140. The number of benzene rings is 2. The smallest absolute Gasteiger partial charge is 0.413 e. The van der Waals surface area contributed by atoms with E-state index in [4.69, 9.17) is 9.84 Å². The fraction of sp³-hybridized carbons (Fsp3) is 0.217. The molecule has 0 radical (unpaired) electrons. The van der Waals surface area contributed by atoms with Gasteiger partial charge in [0.25, 0.3) is 5.91 Å². The number of carbonyl (C=O) groups excluding carboxylic acids is 2. The monoisotopic (exact) mass is 487 g/mol. The van der Waals surface area contributed by atoms with Gasteiger partial charge < -0.3 is 15.2 Å². The normalized spacial score (nSPS) is 13.1. The van der Waals surface area contributed by atoms with Crippen molar-refractivity contribution in [2.24, 2.45) is 0 Å². The van der Waals surface area contributed by atoms with Crippen molar-refractivity contribution in [1.29, 1.82) is 0 Å². The SMILES string of the molecule is O=C(Nc1nc(C(=O)NC(CC(F)F)C(=O)O)cs1)OCC1c2ccccc2-c2ccccc21. The minimum Gasteiger partial charge on any atom is -0.480 e. The Kier molecular flexibility index (Phi) is 6.82. The number of thiazole rings is 1. The lowest BCUT2D eigenvalue weighted by atomic mass is 9.98. The first-order chi connectivity index (χ1) is 16.3. The highest BCUT2D eigenvalue weighted by Gasteiger charge is 2.29. The van der Waals surface area contributed by atoms with E-state index in [0.29, 0.717) is 0 Å². The summed E-state index contributed by atoms with van der Waals surface area (Å²) in [5.41, 5.74) is 4.09. The number of carbonyl (C=O) groups is 3. The standard InChI is InChI=1S/C23H19F2N3O5S/c24-19(25)9-17(21(30)31)26-20(29)18-11-34-22(27-18)28-23(32)33-10-16-14-7-3-1-5-12(14)13-6-2-4-8-15(13)16/h1-8,11,16-17,19H,9-10H2,(H,26,29)(H,30,31)(H,27,28,32). The number of hydrogen-bond acceptors (Lipinski definition) is 6. The van der Waals surface area contributed by atoms with Crippen LogP contribution in [0, 0.1) is 0 Å². The zero-order chi connectivity index (χ0) is 24.2. The fourth-order valence-corrected chi connectivity index (χ4v) is 4.47. The Morgan fingerprint density at radius 2 is 1.68 bits per heavy atom. The van der Waals surface area contributed by atoms with Crippen LogP contribution >= 0.6 is 11.3 Å². The van der Waals surface area contributed by atoms with Gasteiger partial charge in [0.15, 0.2) is 5.13 Å². The topological polar surface area (TPSA) is 118 Å². The molecule has 3 aromatic rings. The van der Waals surface area contributed by atoms with Gasteiger partial charge in [-0.15, -0.1) is 11.3 Å². The summed E-state index contributed by atoms with van der Waals surface area (Å²) < 4.78 is 30.4. The lowest BCUT2D eigenvalue weighted by Crippen LogP contribution is -2.42. The summed E-state index contributed by atoms with van der Waals surface area (Å²) in [5.74, 6) is -2.65. The minimum atomic E-state index is -2.90. The van der Waals surface area contributed by atoms with Crippen LogP contribution in [0.15, 0.2) is 53.9 Å². The molecule has 2 aromatic carbocycles. The van der Waals surface area contributed by atoms with Crippen LogP contribution in [0.25, 0.3) is 11.1 Å². The number of ether oxygens (including phenoxy) is 1. The Morgan fingerprint density at radius 1 is 1.06 bits per heavy atom. The Labute approximate surface area is 196 Å². The Bertz CT molecular complexity index is 1190. The largest absolute Gasteiger partial charge is 0.480 e. The Morgan fingerprint density at radius 3 is 2.26 bits per heavy atom. The van der Waals surface area contributed by atoms with Crippen molar-refractivity contribution in [2.45, 2.75) is 24.8 Å². The van der Waals surface area contributed by atoms with E-state index >= 15 is 0 Å². The zero-order valence-electron chi connectivity index (χ0n) is 17.5. The van der Waals surface area contributed by atoms with Crippen molar-refractivity contribution in [3.8, 4) is 11.1 Å². The molecule has 8 nitrogen and oxygen atoms in total. The maximum absolute atomic E-state index is 12.5. The van der Waals surface area contributed by atoms with Gasteiger partial charge in [0.05, 0.1) is 0 Å². The van der Waals surface area contributed by atoms with Gasteiger partial charge in [0, 0.05) is 17.7 Å². The molecule has 1 atom stereocenters. The van der Waals surface area contributed by atoms with E-state index in [0.717, 1.165) is 33.6 Å². The van der Waals surface area contributed by atoms with Gasteiger partial charge in [0.1, 0.15) is 18.3 Å². The highest BCUT2D eigenvalue weighted by molar-refractivity contribution is 7.14. The number of carboxylic acids is 1. The first-order valence-electron chi connectivity index (χ1n) is 10.2. The van der Waals surface area contributed by atoms with Crippen LogP contribution < -0.4 is 10.6 Å². The van der Waals surface area contributed by atoms with Crippen molar-refractivity contribution >= 4 is 34.4 Å². The molecule has 0 aliphatic heterocycles. The van der Waals surface area contributed by atoms with E-state index in [1.54, 1.807) is 0 Å². The Balaban J connectivity index is 1.36. The van der Waals surface area contributed by atoms with Crippen molar-refractivity contribution < 1.29 is 33.0 Å². The molecule has 4 rings (SSSR count). The molecule has 1 unspecified atom stereocenters. The van der Waals surface area contributed by atoms with Gasteiger partial charge in [-0.05, 0) is 22.3 Å². The number of halogens is 2. The number of alkyl halides is 2. The molecule has 34 heavy (non-hydrogen) atoms. The van der Waals surface area contributed by atoms with Crippen LogP contribution in [0.2, 0.25) is 0 Å². The molecule has 3 N–H and O–H groups in total. The van der Waals surface area contributed by atoms with Crippen molar-refractivity contribution in [1.82, 2.24) is 10.3 Å². The quantitative estimate of drug-likeness (QED) is 0.435. The number of fused-ring (bicyclic) bond motifs is 3. The minimum absolute atomic E-state index is 0.0445. The highest BCUT2D eigenvalue weighted by Crippen LogP contribution is 2.44. The Hall–Kier alpha value is -3.86. The van der Waals surface area contributed by atoms with Gasteiger partial charge in [0.2, 0.25) is 6.43 Å². The number of amides is 2. The number of nitrogens with one attached hydrogen (secondary N) is 2. The van der Waals surface area contributed by atoms with E-state index in [1.165, 1.54) is 5.38 Å². The van der Waals surface area contributed by atoms with Crippen LogP contribution in [0.3, 0.4) is 0 Å². The van der Waals surface area contributed by atoms with Gasteiger partial charge in [-0.3, -0.25) is 10.1 Å². The van der Waals surface area contributed by atoms with E-state index in [2.05, 4.69) is 10.3 Å². The van der Waals surface area contributed by atoms with Crippen molar-refractivity contribution in [2.75, 3.05) is 11.9 Å². The number of anilines is 1. The summed E-state index contributed by atoms with van der Waals surface area (Å²) in [5, 5.41) is 14.7. The lowest BCUT2D eigenvalue weighted by Gasteiger charge is -2.14. The van der Waals surface area contributed by atoms with Gasteiger partial charge in [-0.2, -0.15) is 0 Å². The molecule has 1 heterocycles. The number of carboxylic acid groups (broad SMARTS) is 1. The molecule has 176 valence electrons. The molecule has 1 aliphatic carbocycles. The van der Waals surface area contributed by atoms with E-state index in [9.17, 15) is 23.2 Å². The average Bonchev–Trinajstić information content (AvgIpc) is 3.39. The first-order valence-corrected chi connectivity index (χ1v) is 11.1. The fourth-order valence-electron chi connectivity index (χ4n) is 3.79. The molecule has 1 aromatic heterocycles. The average molecular weight is 487 g/mol. The number of nitrogens with zero attached hydrogens (tertiary/aromatic N) is 1. The van der Waals surface area contributed by atoms with Gasteiger partial charge in [-0.25, -0.2) is 23.4 Å². The molecule has 0 bridgehead atoms. The van der Waals surface area contributed by atoms with Crippen LogP contribution in [0.5, 0.6) is 0 Å². The maximum atomic E-state index is 12.5. The zero-order valence-corrected chi connectivity index (χ0v) is 18.4. The number of aliphatic carboxylic acids is 1. The summed E-state index contributed by atoms with van der Waals surface area (Å²) in [6, 6.07) is 14.0. The molecule has 0 saturated heterocycles. The third-order valence-corrected chi connectivity index (χ3v) is 6.06. The highest BCUT2D eigenvalue weighted by atomic mass is 32.1. The summed E-state index contributed by atoms with van der Waals surface area (Å²) in [6.45, 7) is 0.0898. The molecule has 0 spiro atoms. The van der Waals surface area contributed by atoms with Crippen LogP contribution in [-0.2, 0) is 9.53 Å². The molecule has 11 heteroatoms. The van der Waals surface area contributed by atoms with Gasteiger partial charge >= 0.3 is 12.1 Å². The summed E-state index contributed by atoms with van der Waals surface area (Å²) >= 11 is 0.911. The number of rotatable bonds is 8. The number of aromatic nitrogens is 1. The van der Waals surface area contributed by atoms with Crippen LogP contribution in [-0.4, -0.2) is 47.1 Å². The van der Waals surface area contributed by atoms with E-state index in [-0.39, 0.29) is 23.4 Å². The first kappa shape index (κ1) is 23.3. The number of hydrogen-bond donors (Lipinski definition) is 3. The van der Waals surface area contributed by atoms with Crippen molar-refractivity contribution in [3.05, 3.63) is 70.7 Å². The molecule has 0 saturated carbocycles. The summed E-state index contributed by atoms with van der Waals surface area (Å²) in [6.07, 6.45) is -4.71. The summed E-state index contributed by atoms with van der Waals surface area (Å²) in [7, 11) is 0. The molecule has 2 amide bonds.